The van der Waals surface area contributed by atoms with Crippen LogP contribution in [0, 0.1) is 0 Å². The number of piperidine rings is 1. The van der Waals surface area contributed by atoms with Gasteiger partial charge in [0, 0.05) is 31.3 Å². The second-order valence-electron chi connectivity index (χ2n) is 6.74. The molecule has 0 aromatic carbocycles. The van der Waals surface area contributed by atoms with E-state index in [1.54, 1.807) is 4.90 Å². The monoisotopic (exact) mass is 328 g/mol. The Hall–Kier alpha value is -1.57. The zero-order chi connectivity index (χ0) is 16.6. The first-order chi connectivity index (χ1) is 10.9. The molecule has 1 amide bonds. The lowest BCUT2D eigenvalue weighted by Crippen LogP contribution is -2.46. The Kier molecular flexibility index (Phi) is 4.35. The Bertz CT molecular complexity index is 568. The van der Waals surface area contributed by atoms with Crippen LogP contribution in [-0.2, 0) is 4.79 Å². The van der Waals surface area contributed by atoms with E-state index in [1.165, 1.54) is 0 Å². The third-order valence-corrected chi connectivity index (χ3v) is 4.53. The molecule has 3 rings (SSSR count). The van der Waals surface area contributed by atoms with Gasteiger partial charge < -0.3 is 9.42 Å². The number of alkyl halides is 2. The number of carbonyl (C=O) groups is 1. The fraction of sp³-hybridized carbons (Fsp3) is 0.800. The number of nitrogens with one attached hydrogen (secondary N) is 1. The number of amides is 1. The van der Waals surface area contributed by atoms with Crippen LogP contribution in [0.2, 0.25) is 0 Å². The molecule has 2 fully saturated rings. The van der Waals surface area contributed by atoms with E-state index in [0.29, 0.717) is 24.8 Å². The fourth-order valence-corrected chi connectivity index (χ4v) is 3.12. The van der Waals surface area contributed by atoms with E-state index >= 15 is 0 Å². The Balaban J connectivity index is 1.55. The van der Waals surface area contributed by atoms with Crippen LogP contribution in [0.3, 0.4) is 0 Å². The molecule has 0 spiro atoms. The molecule has 23 heavy (non-hydrogen) atoms. The van der Waals surface area contributed by atoms with E-state index in [0.717, 1.165) is 12.8 Å². The standard InChI is InChI=1S/C15H22F2N4O2/c1-9(2)13-19-12(20-23-13)10-3-5-21(6-4-10)14(22)11-7-15(16,17)8-18-11/h9-11,18H,3-8H2,1-2H3/t11-/m1/s1. The molecule has 0 radical (unpaired) electrons. The second kappa shape index (κ2) is 6.14. The highest BCUT2D eigenvalue weighted by molar-refractivity contribution is 5.82. The van der Waals surface area contributed by atoms with Crippen LogP contribution in [0.15, 0.2) is 4.52 Å². The van der Waals surface area contributed by atoms with E-state index in [4.69, 9.17) is 4.52 Å². The summed E-state index contributed by atoms with van der Waals surface area (Å²) in [6.45, 7) is 4.64. The summed E-state index contributed by atoms with van der Waals surface area (Å²) in [6, 6.07) is -0.765. The maximum Gasteiger partial charge on any atom is 0.262 e. The molecule has 3 heterocycles. The highest BCUT2D eigenvalue weighted by atomic mass is 19.3. The van der Waals surface area contributed by atoms with Gasteiger partial charge in [-0.3, -0.25) is 10.1 Å². The van der Waals surface area contributed by atoms with Crippen LogP contribution in [0.4, 0.5) is 8.78 Å². The highest BCUT2D eigenvalue weighted by Crippen LogP contribution is 2.30. The zero-order valence-corrected chi connectivity index (χ0v) is 13.4. The van der Waals surface area contributed by atoms with E-state index in [9.17, 15) is 13.6 Å². The summed E-state index contributed by atoms with van der Waals surface area (Å²) in [5, 5.41) is 6.65. The predicted molar refractivity (Wildman–Crippen MR) is 78.3 cm³/mol. The maximum absolute atomic E-state index is 13.2. The molecule has 2 aliphatic rings. The van der Waals surface area contributed by atoms with Crippen molar-refractivity contribution in [3.05, 3.63) is 11.7 Å². The third kappa shape index (κ3) is 3.52. The number of nitrogens with zero attached hydrogens (tertiary/aromatic N) is 3. The van der Waals surface area contributed by atoms with Gasteiger partial charge in [0.25, 0.3) is 5.92 Å². The van der Waals surface area contributed by atoms with Gasteiger partial charge in [0.15, 0.2) is 5.82 Å². The van der Waals surface area contributed by atoms with Crippen molar-refractivity contribution in [2.75, 3.05) is 19.6 Å². The Morgan fingerprint density at radius 3 is 2.61 bits per heavy atom. The van der Waals surface area contributed by atoms with Crippen molar-refractivity contribution in [1.82, 2.24) is 20.4 Å². The van der Waals surface area contributed by atoms with Crippen molar-refractivity contribution in [1.29, 1.82) is 0 Å². The van der Waals surface area contributed by atoms with E-state index in [-0.39, 0.29) is 17.7 Å². The minimum absolute atomic E-state index is 0.160. The molecule has 0 bridgehead atoms. The molecule has 0 aliphatic carbocycles. The SMILES string of the molecule is CC(C)c1nc(C2CCN(C(=O)[C@H]3CC(F)(F)CN3)CC2)no1. The summed E-state index contributed by atoms with van der Waals surface area (Å²) in [7, 11) is 0. The van der Waals surface area contributed by atoms with Gasteiger partial charge in [-0.2, -0.15) is 4.98 Å². The van der Waals surface area contributed by atoms with Crippen LogP contribution in [0.25, 0.3) is 0 Å². The summed E-state index contributed by atoms with van der Waals surface area (Å²) in [6.07, 6.45) is 1.05. The van der Waals surface area contributed by atoms with Crippen LogP contribution < -0.4 is 5.32 Å². The molecular weight excluding hydrogens is 306 g/mol. The number of hydrogen-bond donors (Lipinski definition) is 1. The van der Waals surface area contributed by atoms with E-state index < -0.39 is 24.9 Å². The van der Waals surface area contributed by atoms with Crippen molar-refractivity contribution in [3.8, 4) is 0 Å². The van der Waals surface area contributed by atoms with Crippen LogP contribution in [0.1, 0.15) is 56.7 Å². The van der Waals surface area contributed by atoms with Crippen LogP contribution in [0.5, 0.6) is 0 Å². The molecule has 128 valence electrons. The summed E-state index contributed by atoms with van der Waals surface area (Å²) in [5.41, 5.74) is 0. The van der Waals surface area contributed by atoms with Gasteiger partial charge in [-0.1, -0.05) is 19.0 Å². The minimum Gasteiger partial charge on any atom is -0.341 e. The first-order valence-electron chi connectivity index (χ1n) is 8.09. The normalized spacial score (nSPS) is 25.3. The molecule has 2 aliphatic heterocycles. The number of hydrogen-bond acceptors (Lipinski definition) is 5. The fourth-order valence-electron chi connectivity index (χ4n) is 3.12. The van der Waals surface area contributed by atoms with Gasteiger partial charge in [-0.15, -0.1) is 0 Å². The molecule has 1 aromatic heterocycles. The number of carbonyl (C=O) groups excluding carboxylic acids is 1. The quantitative estimate of drug-likeness (QED) is 0.917. The topological polar surface area (TPSA) is 71.3 Å². The highest BCUT2D eigenvalue weighted by Gasteiger charge is 2.44. The Morgan fingerprint density at radius 1 is 1.39 bits per heavy atom. The van der Waals surface area contributed by atoms with E-state index in [2.05, 4.69) is 15.5 Å². The average Bonchev–Trinajstić information content (AvgIpc) is 3.13. The number of rotatable bonds is 3. The van der Waals surface area contributed by atoms with Gasteiger partial charge in [0.05, 0.1) is 12.6 Å². The summed E-state index contributed by atoms with van der Waals surface area (Å²) >= 11 is 0. The van der Waals surface area contributed by atoms with Gasteiger partial charge >= 0.3 is 0 Å². The maximum atomic E-state index is 13.2. The number of aromatic nitrogens is 2. The molecule has 1 atom stereocenters. The van der Waals surface area contributed by atoms with Crippen LogP contribution >= 0.6 is 0 Å². The van der Waals surface area contributed by atoms with Crippen molar-refractivity contribution in [2.24, 2.45) is 0 Å². The molecule has 6 nitrogen and oxygen atoms in total. The van der Waals surface area contributed by atoms with Crippen molar-refractivity contribution < 1.29 is 18.1 Å². The minimum atomic E-state index is -2.78. The number of likely N-dealkylation sites (tertiary alicyclic amines) is 1. The van der Waals surface area contributed by atoms with Gasteiger partial charge in [0.2, 0.25) is 11.8 Å². The molecule has 8 heteroatoms. The molecule has 2 saturated heterocycles. The third-order valence-electron chi connectivity index (χ3n) is 4.53. The smallest absolute Gasteiger partial charge is 0.262 e. The summed E-state index contributed by atoms with van der Waals surface area (Å²) < 4.78 is 31.6. The van der Waals surface area contributed by atoms with Crippen LogP contribution in [-0.4, -0.2) is 52.5 Å². The van der Waals surface area contributed by atoms with E-state index in [1.807, 2.05) is 13.8 Å². The zero-order valence-electron chi connectivity index (χ0n) is 13.4. The molecular formula is C15H22F2N4O2. The lowest BCUT2D eigenvalue weighted by molar-refractivity contribution is -0.134. The summed E-state index contributed by atoms with van der Waals surface area (Å²) in [5.74, 6) is -1.35. The molecule has 1 N–H and O–H groups in total. The van der Waals surface area contributed by atoms with Crippen molar-refractivity contribution >= 4 is 5.91 Å². The first-order valence-corrected chi connectivity index (χ1v) is 8.09. The Labute approximate surface area is 133 Å². The summed E-state index contributed by atoms with van der Waals surface area (Å²) in [4.78, 5) is 18.4. The lowest BCUT2D eigenvalue weighted by atomic mass is 9.95. The molecule has 0 saturated carbocycles. The first kappa shape index (κ1) is 16.3. The predicted octanol–water partition coefficient (Wildman–Crippen LogP) is 1.90. The van der Waals surface area contributed by atoms with Gasteiger partial charge in [-0.05, 0) is 12.8 Å². The van der Waals surface area contributed by atoms with Gasteiger partial charge in [-0.25, -0.2) is 8.78 Å². The molecule has 1 aromatic rings. The largest absolute Gasteiger partial charge is 0.341 e. The second-order valence-corrected chi connectivity index (χ2v) is 6.74. The van der Waals surface area contributed by atoms with Crippen molar-refractivity contribution in [2.45, 2.75) is 56.9 Å². The van der Waals surface area contributed by atoms with Gasteiger partial charge in [0.1, 0.15) is 0 Å². The molecule has 0 unspecified atom stereocenters. The Morgan fingerprint density at radius 2 is 2.09 bits per heavy atom. The number of halogens is 2. The van der Waals surface area contributed by atoms with Crippen molar-refractivity contribution in [3.63, 3.8) is 0 Å². The average molecular weight is 328 g/mol. The lowest BCUT2D eigenvalue weighted by Gasteiger charge is -2.32.